The summed E-state index contributed by atoms with van der Waals surface area (Å²) >= 11 is 0. The molecule has 4 N–H and O–H groups in total. The largest absolute Gasteiger partial charge is 0.352 e. The summed E-state index contributed by atoms with van der Waals surface area (Å²) in [5.74, 6) is -0.300. The van der Waals surface area contributed by atoms with Crippen molar-refractivity contribution >= 4 is 41.8 Å². The van der Waals surface area contributed by atoms with E-state index >= 15 is 0 Å². The van der Waals surface area contributed by atoms with E-state index in [0.717, 1.165) is 12.8 Å². The van der Waals surface area contributed by atoms with Crippen LogP contribution in [0.2, 0.25) is 0 Å². The highest BCUT2D eigenvalue weighted by molar-refractivity contribution is 6.05. The Labute approximate surface area is 169 Å². The zero-order valence-electron chi connectivity index (χ0n) is 15.7. The highest BCUT2D eigenvalue weighted by atomic mass is 35.5. The van der Waals surface area contributed by atoms with E-state index in [1.54, 1.807) is 13.0 Å². The predicted molar refractivity (Wildman–Crippen MR) is 112 cm³/mol. The number of aromatic amines is 1. The number of aryl methyl sites for hydroxylation is 1. The fourth-order valence-electron chi connectivity index (χ4n) is 2.63. The van der Waals surface area contributed by atoms with Crippen LogP contribution >= 0.6 is 24.8 Å². The Hall–Kier alpha value is -1.90. The van der Waals surface area contributed by atoms with Crippen molar-refractivity contribution in [1.82, 2.24) is 19.9 Å². The molecule has 0 aliphatic rings. The Morgan fingerprint density at radius 3 is 2.52 bits per heavy atom. The van der Waals surface area contributed by atoms with Crippen molar-refractivity contribution in [3.63, 3.8) is 0 Å². The number of hydrogen-bond acceptors (Lipinski definition) is 5. The van der Waals surface area contributed by atoms with E-state index in [1.807, 2.05) is 13.8 Å². The van der Waals surface area contributed by atoms with Gasteiger partial charge < -0.3 is 11.1 Å². The number of hydrogen-bond donors (Lipinski definition) is 3. The number of carbonyl (C=O) groups excluding carboxylic acids is 1. The van der Waals surface area contributed by atoms with Crippen molar-refractivity contribution in [2.45, 2.75) is 46.1 Å². The molecule has 0 atom stereocenters. The summed E-state index contributed by atoms with van der Waals surface area (Å²) in [6.07, 6.45) is 1.57. The maximum absolute atomic E-state index is 12.6. The van der Waals surface area contributed by atoms with Crippen molar-refractivity contribution in [3.05, 3.63) is 38.2 Å². The van der Waals surface area contributed by atoms with Crippen molar-refractivity contribution in [3.8, 4) is 0 Å². The number of carbonyl (C=O) groups is 1. The molecule has 0 unspecified atom stereocenters. The first kappa shape index (κ1) is 25.1. The minimum absolute atomic E-state index is 0. The van der Waals surface area contributed by atoms with Gasteiger partial charge in [0.25, 0.3) is 11.5 Å². The smallest absolute Gasteiger partial charge is 0.329 e. The highest BCUT2D eigenvalue weighted by Gasteiger charge is 2.19. The van der Waals surface area contributed by atoms with Gasteiger partial charge in [-0.05, 0) is 38.3 Å². The van der Waals surface area contributed by atoms with Crippen LogP contribution in [-0.2, 0) is 6.54 Å². The van der Waals surface area contributed by atoms with E-state index in [-0.39, 0.29) is 53.2 Å². The molecule has 27 heavy (non-hydrogen) atoms. The maximum atomic E-state index is 12.6. The second-order valence-electron chi connectivity index (χ2n) is 6.20. The molecule has 152 valence electrons. The standard InChI is InChI=1S/C17H25N5O3.2ClH/c1-4-22-14-13(16(24)21-17(22)25)11(9-12(20-14)10(2)3)15(23)19-8-6-5-7-18;;/h9-10H,4-8,18H2,1-3H3,(H,19,23)(H,21,24,25);2*1H. The minimum Gasteiger partial charge on any atom is -0.352 e. The first-order valence-corrected chi connectivity index (χ1v) is 8.56. The van der Waals surface area contributed by atoms with Gasteiger partial charge in [0.05, 0.1) is 10.9 Å². The molecular formula is C17H27Cl2N5O3. The summed E-state index contributed by atoms with van der Waals surface area (Å²) in [5, 5.41) is 2.95. The fraction of sp³-hybridized carbons (Fsp3) is 0.529. The van der Waals surface area contributed by atoms with E-state index < -0.39 is 11.2 Å². The number of pyridine rings is 1. The van der Waals surface area contributed by atoms with Crippen LogP contribution in [0, 0.1) is 0 Å². The lowest BCUT2D eigenvalue weighted by molar-refractivity contribution is 0.0954. The molecule has 0 spiro atoms. The molecule has 0 saturated carbocycles. The molecule has 0 fully saturated rings. The average molecular weight is 420 g/mol. The molecule has 0 radical (unpaired) electrons. The van der Waals surface area contributed by atoms with Crippen molar-refractivity contribution < 1.29 is 4.79 Å². The molecule has 0 bridgehead atoms. The van der Waals surface area contributed by atoms with Crippen LogP contribution in [0.3, 0.4) is 0 Å². The van der Waals surface area contributed by atoms with E-state index in [0.29, 0.717) is 25.3 Å². The average Bonchev–Trinajstić information content (AvgIpc) is 2.57. The van der Waals surface area contributed by atoms with Gasteiger partial charge in [-0.2, -0.15) is 0 Å². The fourth-order valence-corrected chi connectivity index (χ4v) is 2.63. The zero-order valence-corrected chi connectivity index (χ0v) is 17.3. The van der Waals surface area contributed by atoms with Gasteiger partial charge in [0.1, 0.15) is 0 Å². The van der Waals surface area contributed by atoms with Crippen molar-refractivity contribution in [1.29, 1.82) is 0 Å². The summed E-state index contributed by atoms with van der Waals surface area (Å²) in [6, 6.07) is 1.63. The summed E-state index contributed by atoms with van der Waals surface area (Å²) in [4.78, 5) is 43.7. The number of amides is 1. The second kappa shape index (κ2) is 11.1. The maximum Gasteiger partial charge on any atom is 0.329 e. The lowest BCUT2D eigenvalue weighted by Gasteiger charge is -2.14. The van der Waals surface area contributed by atoms with Gasteiger partial charge in [0, 0.05) is 18.8 Å². The molecule has 0 saturated heterocycles. The number of halogens is 2. The molecule has 0 aliphatic carbocycles. The number of nitrogens with one attached hydrogen (secondary N) is 2. The second-order valence-corrected chi connectivity index (χ2v) is 6.20. The van der Waals surface area contributed by atoms with Crippen molar-refractivity contribution in [2.24, 2.45) is 5.73 Å². The third-order valence-electron chi connectivity index (χ3n) is 4.04. The summed E-state index contributed by atoms with van der Waals surface area (Å²) in [5.41, 5.74) is 5.47. The normalized spacial score (nSPS) is 10.4. The number of nitrogens with two attached hydrogens (primary N) is 1. The molecule has 2 rings (SSSR count). The zero-order chi connectivity index (χ0) is 18.6. The Morgan fingerprint density at radius 2 is 1.96 bits per heavy atom. The van der Waals surface area contributed by atoms with E-state index in [9.17, 15) is 14.4 Å². The molecule has 0 aliphatic heterocycles. The van der Waals surface area contributed by atoms with Gasteiger partial charge in [0.15, 0.2) is 5.65 Å². The van der Waals surface area contributed by atoms with Gasteiger partial charge in [-0.1, -0.05) is 13.8 Å². The van der Waals surface area contributed by atoms with E-state index in [1.165, 1.54) is 4.57 Å². The third kappa shape index (κ3) is 5.54. The van der Waals surface area contributed by atoms with Crippen LogP contribution in [0.25, 0.3) is 11.0 Å². The van der Waals surface area contributed by atoms with Crippen LogP contribution < -0.4 is 22.3 Å². The number of unbranched alkanes of at least 4 members (excludes halogenated alkanes) is 1. The predicted octanol–water partition coefficient (Wildman–Crippen LogP) is 1.54. The first-order valence-electron chi connectivity index (χ1n) is 8.56. The number of aromatic nitrogens is 3. The van der Waals surface area contributed by atoms with Crippen LogP contribution in [0.15, 0.2) is 15.7 Å². The molecule has 1 amide bonds. The molecule has 2 heterocycles. The molecule has 2 aromatic heterocycles. The summed E-state index contributed by atoms with van der Waals surface area (Å²) < 4.78 is 1.37. The van der Waals surface area contributed by atoms with Gasteiger partial charge in [-0.15, -0.1) is 24.8 Å². The van der Waals surface area contributed by atoms with E-state index in [2.05, 4.69) is 15.3 Å². The summed E-state index contributed by atoms with van der Waals surface area (Å²) in [6.45, 7) is 7.06. The molecule has 10 heteroatoms. The molecule has 8 nitrogen and oxygen atoms in total. The van der Waals surface area contributed by atoms with Crippen LogP contribution in [-0.4, -0.2) is 33.5 Å². The summed E-state index contributed by atoms with van der Waals surface area (Å²) in [7, 11) is 0. The monoisotopic (exact) mass is 419 g/mol. The Bertz CT molecular complexity index is 892. The number of rotatable bonds is 7. The Kier molecular flexibility index (Phi) is 10.3. The lowest BCUT2D eigenvalue weighted by atomic mass is 10.0. The number of fused-ring (bicyclic) bond motifs is 1. The first-order chi connectivity index (χ1) is 11.9. The molecular weight excluding hydrogens is 393 g/mol. The number of H-pyrrole nitrogens is 1. The highest BCUT2D eigenvalue weighted by Crippen LogP contribution is 2.19. The Morgan fingerprint density at radius 1 is 1.30 bits per heavy atom. The Balaban J connectivity index is 0.00000338. The van der Waals surface area contributed by atoms with Gasteiger partial charge in [0.2, 0.25) is 0 Å². The minimum atomic E-state index is -0.598. The topological polar surface area (TPSA) is 123 Å². The SMILES string of the molecule is CCn1c(=O)[nH]c(=O)c2c(C(=O)NCCCCN)cc(C(C)C)nc21.Cl.Cl. The van der Waals surface area contributed by atoms with Gasteiger partial charge in [-0.25, -0.2) is 9.78 Å². The van der Waals surface area contributed by atoms with Crippen LogP contribution in [0.1, 0.15) is 55.6 Å². The number of nitrogens with zero attached hydrogens (tertiary/aromatic N) is 2. The lowest BCUT2D eigenvalue weighted by Crippen LogP contribution is -2.33. The van der Waals surface area contributed by atoms with Gasteiger partial charge in [-0.3, -0.25) is 19.1 Å². The van der Waals surface area contributed by atoms with Crippen LogP contribution in [0.4, 0.5) is 0 Å². The van der Waals surface area contributed by atoms with Gasteiger partial charge >= 0.3 is 5.69 Å². The molecule has 0 aromatic carbocycles. The van der Waals surface area contributed by atoms with Crippen LogP contribution in [0.5, 0.6) is 0 Å². The van der Waals surface area contributed by atoms with E-state index in [4.69, 9.17) is 5.73 Å². The quantitative estimate of drug-likeness (QED) is 0.587. The third-order valence-corrected chi connectivity index (χ3v) is 4.04. The molecule has 2 aromatic rings. The van der Waals surface area contributed by atoms with Crippen molar-refractivity contribution in [2.75, 3.05) is 13.1 Å².